The molecule has 0 heterocycles. The van der Waals surface area contributed by atoms with E-state index in [1.807, 2.05) is 0 Å². The van der Waals surface area contributed by atoms with E-state index in [4.69, 9.17) is 0 Å². The maximum atomic E-state index is 11.2. The van der Waals surface area contributed by atoms with Crippen LogP contribution in [0.2, 0.25) is 0 Å². The lowest BCUT2D eigenvalue weighted by molar-refractivity contribution is -0.172. The normalized spacial score (nSPS) is 50.7. The number of aliphatic hydroxyl groups excluding tert-OH is 2. The van der Waals surface area contributed by atoms with Gasteiger partial charge in [0.15, 0.2) is 0 Å². The smallest absolute Gasteiger partial charge is 0.0577 e. The molecule has 0 aromatic rings. The molecule has 168 valence electrons. The highest BCUT2D eigenvalue weighted by molar-refractivity contribution is 5.11. The molecule has 2 N–H and O–H groups in total. The maximum absolute atomic E-state index is 11.2. The first-order valence-corrected chi connectivity index (χ1v) is 13.0. The molecule has 29 heavy (non-hydrogen) atoms. The third kappa shape index (κ3) is 3.73. The Hall–Kier alpha value is -0.0800. The zero-order valence-electron chi connectivity index (χ0n) is 19.9. The van der Waals surface area contributed by atoms with Gasteiger partial charge in [-0.3, -0.25) is 0 Å². The zero-order valence-corrected chi connectivity index (χ0v) is 19.9. The summed E-state index contributed by atoms with van der Waals surface area (Å²) in [6, 6.07) is 0. The number of aliphatic hydroxyl groups is 2. The highest BCUT2D eigenvalue weighted by Crippen LogP contribution is 2.68. The molecule has 2 heteroatoms. The van der Waals surface area contributed by atoms with Crippen LogP contribution in [0.15, 0.2) is 0 Å². The van der Waals surface area contributed by atoms with Gasteiger partial charge < -0.3 is 10.2 Å². The topological polar surface area (TPSA) is 40.5 Å². The van der Waals surface area contributed by atoms with Crippen molar-refractivity contribution in [2.24, 2.45) is 52.3 Å². The molecule has 4 fully saturated rings. The highest BCUT2D eigenvalue weighted by atomic mass is 16.3. The average Bonchev–Trinajstić information content (AvgIpc) is 3.00. The first-order chi connectivity index (χ1) is 13.7. The first-order valence-electron chi connectivity index (χ1n) is 13.0. The summed E-state index contributed by atoms with van der Waals surface area (Å²) in [4.78, 5) is 0. The van der Waals surface area contributed by atoms with E-state index >= 15 is 0 Å². The maximum Gasteiger partial charge on any atom is 0.0577 e. The van der Waals surface area contributed by atoms with Crippen LogP contribution in [0, 0.1) is 52.3 Å². The van der Waals surface area contributed by atoms with E-state index in [2.05, 4.69) is 34.6 Å². The fraction of sp³-hybridized carbons (Fsp3) is 1.00. The van der Waals surface area contributed by atoms with Crippen LogP contribution in [0.25, 0.3) is 0 Å². The van der Waals surface area contributed by atoms with Gasteiger partial charge in [0.05, 0.1) is 12.2 Å². The Morgan fingerprint density at radius 3 is 2.21 bits per heavy atom. The second kappa shape index (κ2) is 8.12. The van der Waals surface area contributed by atoms with Crippen molar-refractivity contribution in [3.05, 3.63) is 0 Å². The molecule has 0 radical (unpaired) electrons. The summed E-state index contributed by atoms with van der Waals surface area (Å²) >= 11 is 0. The molecule has 0 spiro atoms. The molecule has 0 saturated heterocycles. The van der Waals surface area contributed by atoms with Crippen LogP contribution in [0.3, 0.4) is 0 Å². The molecule has 0 aliphatic heterocycles. The van der Waals surface area contributed by atoms with Gasteiger partial charge in [-0.25, -0.2) is 0 Å². The van der Waals surface area contributed by atoms with Crippen molar-refractivity contribution in [3.8, 4) is 0 Å². The lowest BCUT2D eigenvalue weighted by Gasteiger charge is -2.62. The Bertz CT molecular complexity index is 573. The fourth-order valence-corrected chi connectivity index (χ4v) is 9.30. The minimum Gasteiger partial charge on any atom is -0.393 e. The first kappa shape index (κ1) is 22.1. The molecule has 0 aromatic heterocycles. The van der Waals surface area contributed by atoms with Crippen molar-refractivity contribution in [1.29, 1.82) is 0 Å². The van der Waals surface area contributed by atoms with Gasteiger partial charge in [0.25, 0.3) is 0 Å². The van der Waals surface area contributed by atoms with Crippen LogP contribution in [0.5, 0.6) is 0 Å². The van der Waals surface area contributed by atoms with Crippen molar-refractivity contribution in [1.82, 2.24) is 0 Å². The van der Waals surface area contributed by atoms with E-state index in [0.717, 1.165) is 55.3 Å². The van der Waals surface area contributed by atoms with E-state index in [1.54, 1.807) is 0 Å². The van der Waals surface area contributed by atoms with Gasteiger partial charge in [-0.05, 0) is 104 Å². The number of hydrogen-bond acceptors (Lipinski definition) is 2. The summed E-state index contributed by atoms with van der Waals surface area (Å²) < 4.78 is 0. The standard InChI is InChI=1S/C27H48O2/c1-17(2)7-6-8-18(3)21-9-10-22-20-16-25(29)24-15-19(28)11-13-27(24,5)23(20)12-14-26(21,22)4/h17-25,28-29H,6-16H2,1-5H3/t18-,19+,20+,21-,22+,23+,24+,25-,26-,27-/m1/s1. The van der Waals surface area contributed by atoms with E-state index in [-0.39, 0.29) is 17.6 Å². The minimum atomic E-state index is -0.193. The van der Waals surface area contributed by atoms with Gasteiger partial charge in [0.2, 0.25) is 0 Å². The van der Waals surface area contributed by atoms with E-state index in [9.17, 15) is 10.2 Å². The molecule has 4 aliphatic carbocycles. The lowest BCUT2D eigenvalue weighted by atomic mass is 9.44. The molecular weight excluding hydrogens is 356 g/mol. The molecule has 0 aromatic carbocycles. The molecule has 10 atom stereocenters. The molecule has 4 saturated carbocycles. The molecule has 4 aliphatic rings. The average molecular weight is 405 g/mol. The summed E-state index contributed by atoms with van der Waals surface area (Å²) in [6.07, 6.45) is 13.3. The Morgan fingerprint density at radius 1 is 0.793 bits per heavy atom. The van der Waals surface area contributed by atoms with Gasteiger partial charge in [-0.2, -0.15) is 0 Å². The Morgan fingerprint density at radius 2 is 1.48 bits per heavy atom. The quantitative estimate of drug-likeness (QED) is 0.553. The summed E-state index contributed by atoms with van der Waals surface area (Å²) in [7, 11) is 0. The summed E-state index contributed by atoms with van der Waals surface area (Å²) in [6.45, 7) is 12.4. The zero-order chi connectivity index (χ0) is 21.0. The van der Waals surface area contributed by atoms with Gasteiger partial charge in [0.1, 0.15) is 0 Å². The van der Waals surface area contributed by atoms with Crippen LogP contribution in [-0.2, 0) is 0 Å². The minimum absolute atomic E-state index is 0.185. The van der Waals surface area contributed by atoms with Gasteiger partial charge in [-0.15, -0.1) is 0 Å². The third-order valence-electron chi connectivity index (χ3n) is 10.9. The fourth-order valence-electron chi connectivity index (χ4n) is 9.30. The molecule has 0 bridgehead atoms. The third-order valence-corrected chi connectivity index (χ3v) is 10.9. The summed E-state index contributed by atoms with van der Waals surface area (Å²) in [5, 5.41) is 21.4. The Labute approximate surface area is 180 Å². The predicted molar refractivity (Wildman–Crippen MR) is 120 cm³/mol. The van der Waals surface area contributed by atoms with E-state index < -0.39 is 0 Å². The molecule has 0 amide bonds. The van der Waals surface area contributed by atoms with E-state index in [0.29, 0.717) is 17.3 Å². The Balaban J connectivity index is 1.50. The molecular formula is C27H48O2. The molecule has 2 nitrogen and oxygen atoms in total. The van der Waals surface area contributed by atoms with Gasteiger partial charge in [-0.1, -0.05) is 53.9 Å². The van der Waals surface area contributed by atoms with Crippen molar-refractivity contribution >= 4 is 0 Å². The second-order valence-electron chi connectivity index (χ2n) is 12.8. The van der Waals surface area contributed by atoms with Crippen LogP contribution in [0.1, 0.15) is 105 Å². The SMILES string of the molecule is CC(C)CCC[C@@H](C)[C@H]1CC[C@H]2[C@@H]3C[C@@H](O)[C@@H]4C[C@@H](O)CC[C@]4(C)[C@H]3CC[C@]12C. The predicted octanol–water partition coefficient (Wildman–Crippen LogP) is 6.44. The molecule has 4 rings (SSSR count). The Kier molecular flexibility index (Phi) is 6.19. The number of rotatable bonds is 5. The van der Waals surface area contributed by atoms with Crippen LogP contribution in [0.4, 0.5) is 0 Å². The van der Waals surface area contributed by atoms with Gasteiger partial charge >= 0.3 is 0 Å². The number of fused-ring (bicyclic) bond motifs is 5. The summed E-state index contributed by atoms with van der Waals surface area (Å²) in [5.41, 5.74) is 0.749. The van der Waals surface area contributed by atoms with Crippen molar-refractivity contribution < 1.29 is 10.2 Å². The lowest BCUT2D eigenvalue weighted by Crippen LogP contribution is -2.58. The van der Waals surface area contributed by atoms with Crippen LogP contribution < -0.4 is 0 Å². The van der Waals surface area contributed by atoms with Crippen molar-refractivity contribution in [2.75, 3.05) is 0 Å². The van der Waals surface area contributed by atoms with E-state index in [1.165, 1.54) is 44.9 Å². The summed E-state index contributed by atoms with van der Waals surface area (Å²) in [5.74, 6) is 5.20. The number of hydrogen-bond donors (Lipinski definition) is 2. The second-order valence-corrected chi connectivity index (χ2v) is 12.8. The monoisotopic (exact) mass is 404 g/mol. The van der Waals surface area contributed by atoms with Crippen molar-refractivity contribution in [2.45, 2.75) is 117 Å². The van der Waals surface area contributed by atoms with Crippen molar-refractivity contribution in [3.63, 3.8) is 0 Å². The highest BCUT2D eigenvalue weighted by Gasteiger charge is 2.62. The van der Waals surface area contributed by atoms with Gasteiger partial charge in [0, 0.05) is 0 Å². The van der Waals surface area contributed by atoms with Crippen LogP contribution in [-0.4, -0.2) is 22.4 Å². The largest absolute Gasteiger partial charge is 0.393 e. The van der Waals surface area contributed by atoms with Crippen LogP contribution >= 0.6 is 0 Å². The molecule has 0 unspecified atom stereocenters.